The van der Waals surface area contributed by atoms with E-state index >= 15 is 0 Å². The highest BCUT2D eigenvalue weighted by atomic mass is 16.5. The molecule has 1 rings (SSSR count). The summed E-state index contributed by atoms with van der Waals surface area (Å²) in [6.45, 7) is 6.65. The van der Waals surface area contributed by atoms with Crippen molar-refractivity contribution in [1.82, 2.24) is 0 Å². The summed E-state index contributed by atoms with van der Waals surface area (Å²) in [5, 5.41) is 9.28. The van der Waals surface area contributed by atoms with Crippen molar-refractivity contribution in [1.29, 1.82) is 0 Å². The third-order valence-corrected chi connectivity index (χ3v) is 4.84. The number of rotatable bonds is 14. The zero-order chi connectivity index (χ0) is 20.1. The number of carboxylic acids is 1. The van der Waals surface area contributed by atoms with Gasteiger partial charge in [0.1, 0.15) is 6.10 Å². The Morgan fingerprint density at radius 3 is 2.00 bits per heavy atom. The Morgan fingerprint density at radius 2 is 1.44 bits per heavy atom. The molecule has 0 aliphatic heterocycles. The van der Waals surface area contributed by atoms with Gasteiger partial charge in [0, 0.05) is 0 Å². The number of carbonyl (C=O) groups is 2. The standard InChI is InChI=1S/C23H36O4/c1-4-5-8-14-19(15-10-7-6-9-13-18(2)3)27-23(26)21-17-12-11-16-20(21)22(24)25/h11-12,16-19H,4-10,13-15H2,1-3H3,(H,24,25). The van der Waals surface area contributed by atoms with E-state index in [0.717, 1.165) is 50.9 Å². The van der Waals surface area contributed by atoms with Gasteiger partial charge in [0.2, 0.25) is 0 Å². The van der Waals surface area contributed by atoms with Crippen LogP contribution in [0.4, 0.5) is 0 Å². The third-order valence-electron chi connectivity index (χ3n) is 4.84. The van der Waals surface area contributed by atoms with Crippen molar-refractivity contribution in [2.45, 2.75) is 91.1 Å². The number of aromatic carboxylic acids is 1. The van der Waals surface area contributed by atoms with Crippen LogP contribution in [0.15, 0.2) is 24.3 Å². The van der Waals surface area contributed by atoms with Gasteiger partial charge in [0.05, 0.1) is 11.1 Å². The molecule has 1 N–H and O–H groups in total. The first kappa shape index (κ1) is 23.2. The van der Waals surface area contributed by atoms with Crippen molar-refractivity contribution in [3.63, 3.8) is 0 Å². The number of ether oxygens (including phenoxy) is 1. The zero-order valence-electron chi connectivity index (χ0n) is 17.2. The van der Waals surface area contributed by atoms with E-state index in [-0.39, 0.29) is 17.2 Å². The van der Waals surface area contributed by atoms with Gasteiger partial charge in [0.15, 0.2) is 0 Å². The smallest absolute Gasteiger partial charge is 0.339 e. The van der Waals surface area contributed by atoms with E-state index < -0.39 is 11.9 Å². The number of hydrogen-bond acceptors (Lipinski definition) is 3. The third kappa shape index (κ3) is 9.60. The van der Waals surface area contributed by atoms with E-state index in [9.17, 15) is 14.7 Å². The number of unbranched alkanes of at least 4 members (excludes halogenated alkanes) is 5. The summed E-state index contributed by atoms with van der Waals surface area (Å²) in [6.07, 6.45) is 10.8. The normalized spacial score (nSPS) is 12.1. The van der Waals surface area contributed by atoms with Crippen LogP contribution in [0.25, 0.3) is 0 Å². The summed E-state index contributed by atoms with van der Waals surface area (Å²) in [5.41, 5.74) is 0.144. The highest BCUT2D eigenvalue weighted by Crippen LogP contribution is 2.19. The number of hydrogen-bond donors (Lipinski definition) is 1. The van der Waals surface area contributed by atoms with E-state index in [1.807, 2.05) is 0 Å². The van der Waals surface area contributed by atoms with Crippen LogP contribution >= 0.6 is 0 Å². The molecule has 0 aliphatic carbocycles. The number of benzene rings is 1. The van der Waals surface area contributed by atoms with Crippen LogP contribution in [0.5, 0.6) is 0 Å². The molecule has 0 aromatic heterocycles. The van der Waals surface area contributed by atoms with Crippen molar-refractivity contribution < 1.29 is 19.4 Å². The summed E-state index contributed by atoms with van der Waals surface area (Å²) < 4.78 is 5.72. The average Bonchev–Trinajstić information content (AvgIpc) is 2.64. The Bertz CT molecular complexity index is 565. The van der Waals surface area contributed by atoms with Crippen LogP contribution in [0, 0.1) is 5.92 Å². The molecule has 0 saturated carbocycles. The molecule has 27 heavy (non-hydrogen) atoms. The highest BCUT2D eigenvalue weighted by Gasteiger charge is 2.20. The monoisotopic (exact) mass is 376 g/mol. The summed E-state index contributed by atoms with van der Waals surface area (Å²) in [6, 6.07) is 6.26. The molecule has 1 aromatic rings. The SMILES string of the molecule is CCCCCC(CCCCCCC(C)C)OC(=O)c1ccccc1C(=O)O. The second-order valence-electron chi connectivity index (χ2n) is 7.76. The van der Waals surface area contributed by atoms with Crippen molar-refractivity contribution in [2.75, 3.05) is 0 Å². The first-order valence-electron chi connectivity index (χ1n) is 10.5. The molecule has 4 nitrogen and oxygen atoms in total. The molecule has 152 valence electrons. The van der Waals surface area contributed by atoms with Gasteiger partial charge in [-0.05, 0) is 43.7 Å². The van der Waals surface area contributed by atoms with Crippen LogP contribution < -0.4 is 0 Å². The zero-order valence-corrected chi connectivity index (χ0v) is 17.2. The Hall–Kier alpha value is -1.84. The van der Waals surface area contributed by atoms with Gasteiger partial charge in [-0.15, -0.1) is 0 Å². The predicted molar refractivity (Wildman–Crippen MR) is 109 cm³/mol. The van der Waals surface area contributed by atoms with Crippen LogP contribution in [-0.4, -0.2) is 23.1 Å². The lowest BCUT2D eigenvalue weighted by Gasteiger charge is -2.18. The van der Waals surface area contributed by atoms with Gasteiger partial charge in [-0.25, -0.2) is 9.59 Å². The molecule has 0 bridgehead atoms. The second-order valence-corrected chi connectivity index (χ2v) is 7.76. The molecule has 4 heteroatoms. The fraction of sp³-hybridized carbons (Fsp3) is 0.652. The Balaban J connectivity index is 2.57. The van der Waals surface area contributed by atoms with Gasteiger partial charge in [0.25, 0.3) is 0 Å². The summed E-state index contributed by atoms with van der Waals surface area (Å²) >= 11 is 0. The summed E-state index contributed by atoms with van der Waals surface area (Å²) in [4.78, 5) is 23.9. The van der Waals surface area contributed by atoms with Crippen molar-refractivity contribution in [3.8, 4) is 0 Å². The molecule has 0 radical (unpaired) electrons. The highest BCUT2D eigenvalue weighted by molar-refractivity contribution is 6.02. The number of carboxylic acid groups (broad SMARTS) is 1. The maximum atomic E-state index is 12.5. The van der Waals surface area contributed by atoms with Gasteiger partial charge >= 0.3 is 11.9 Å². The van der Waals surface area contributed by atoms with Gasteiger partial charge in [-0.3, -0.25) is 0 Å². The van der Waals surface area contributed by atoms with Gasteiger partial charge in [-0.2, -0.15) is 0 Å². The lowest BCUT2D eigenvalue weighted by Crippen LogP contribution is -2.20. The molecule has 0 saturated heterocycles. The van der Waals surface area contributed by atoms with Crippen molar-refractivity contribution in [3.05, 3.63) is 35.4 Å². The van der Waals surface area contributed by atoms with E-state index in [1.54, 1.807) is 12.1 Å². The largest absolute Gasteiger partial charge is 0.478 e. The molecule has 0 heterocycles. The fourth-order valence-corrected chi connectivity index (χ4v) is 3.22. The van der Waals surface area contributed by atoms with Crippen LogP contribution in [0.1, 0.15) is 106 Å². The molecule has 0 amide bonds. The predicted octanol–water partition coefficient (Wildman–Crippen LogP) is 6.49. The molecule has 0 spiro atoms. The number of carbonyl (C=O) groups excluding carboxylic acids is 1. The lowest BCUT2D eigenvalue weighted by atomic mass is 10.0. The lowest BCUT2D eigenvalue weighted by molar-refractivity contribution is 0.0244. The topological polar surface area (TPSA) is 63.6 Å². The maximum Gasteiger partial charge on any atom is 0.339 e. The minimum absolute atomic E-state index is 0.00323. The molecular weight excluding hydrogens is 340 g/mol. The van der Waals surface area contributed by atoms with Crippen molar-refractivity contribution in [2.24, 2.45) is 5.92 Å². The molecular formula is C23H36O4. The summed E-state index contributed by atoms with van der Waals surface area (Å²) in [7, 11) is 0. The maximum absolute atomic E-state index is 12.5. The van der Waals surface area contributed by atoms with E-state index in [1.165, 1.54) is 31.4 Å². The Labute approximate surface area is 164 Å². The minimum Gasteiger partial charge on any atom is -0.478 e. The van der Waals surface area contributed by atoms with E-state index in [0.29, 0.717) is 0 Å². The molecule has 0 aliphatic rings. The molecule has 1 unspecified atom stereocenters. The van der Waals surface area contributed by atoms with Crippen LogP contribution in [0.2, 0.25) is 0 Å². The van der Waals surface area contributed by atoms with Gasteiger partial charge in [-0.1, -0.05) is 71.4 Å². The molecule has 0 fully saturated rings. The van der Waals surface area contributed by atoms with E-state index in [2.05, 4.69) is 20.8 Å². The van der Waals surface area contributed by atoms with E-state index in [4.69, 9.17) is 4.74 Å². The quantitative estimate of drug-likeness (QED) is 0.298. The van der Waals surface area contributed by atoms with Gasteiger partial charge < -0.3 is 9.84 Å². The second kappa shape index (κ2) is 13.3. The first-order chi connectivity index (χ1) is 13.0. The Morgan fingerprint density at radius 1 is 0.889 bits per heavy atom. The van der Waals surface area contributed by atoms with Crippen molar-refractivity contribution >= 4 is 11.9 Å². The molecule has 1 aromatic carbocycles. The summed E-state index contributed by atoms with van der Waals surface area (Å²) in [5.74, 6) is -0.869. The molecule has 1 atom stereocenters. The minimum atomic E-state index is -1.10. The Kier molecular flexibility index (Phi) is 11.5. The van der Waals surface area contributed by atoms with Crippen LogP contribution in [0.3, 0.4) is 0 Å². The first-order valence-corrected chi connectivity index (χ1v) is 10.5. The van der Waals surface area contributed by atoms with Crippen LogP contribution in [-0.2, 0) is 4.74 Å². The fourth-order valence-electron chi connectivity index (χ4n) is 3.22. The number of esters is 1. The average molecular weight is 377 g/mol.